The number of fused-ring (bicyclic) bond motifs is 1. The molecule has 0 aliphatic rings. The van der Waals surface area contributed by atoms with E-state index in [0.717, 1.165) is 10.8 Å². The van der Waals surface area contributed by atoms with Gasteiger partial charge in [0, 0.05) is 11.1 Å². The lowest BCUT2D eigenvalue weighted by Gasteiger charge is -2.10. The number of aromatic hydroxyl groups is 1. The maximum Gasteiger partial charge on any atom is 0.131 e. The lowest BCUT2D eigenvalue weighted by atomic mass is 9.97. The molecular weight excluding hydrogens is 227 g/mol. The Balaban J connectivity index is 2.42. The van der Waals surface area contributed by atoms with Crippen LogP contribution in [0.3, 0.4) is 0 Å². The highest BCUT2D eigenvalue weighted by molar-refractivity contribution is 5.99. The van der Waals surface area contributed by atoms with Gasteiger partial charge in [0.05, 0.1) is 0 Å². The predicted molar refractivity (Wildman–Crippen MR) is 71.0 cm³/mol. The molecule has 0 heterocycles. The van der Waals surface area contributed by atoms with Crippen LogP contribution in [0, 0.1) is 5.82 Å². The Morgan fingerprint density at radius 1 is 0.778 bits per heavy atom. The number of phenolic OH excluding ortho intramolecular Hbond substituents is 1. The number of halogens is 1. The highest BCUT2D eigenvalue weighted by Gasteiger charge is 2.12. The number of rotatable bonds is 1. The zero-order valence-electron chi connectivity index (χ0n) is 9.60. The van der Waals surface area contributed by atoms with E-state index in [1.807, 2.05) is 30.3 Å². The maximum atomic E-state index is 13.9. The third kappa shape index (κ3) is 1.63. The van der Waals surface area contributed by atoms with Crippen molar-refractivity contribution in [1.29, 1.82) is 0 Å². The Hall–Kier alpha value is -2.35. The lowest BCUT2D eigenvalue weighted by molar-refractivity contribution is 0.477. The SMILES string of the molecule is Oc1ccc2ccccc2c1-c1ccccc1F. The second-order valence-corrected chi connectivity index (χ2v) is 4.16. The Bertz CT molecular complexity index is 719. The van der Waals surface area contributed by atoms with Crippen LogP contribution in [-0.4, -0.2) is 5.11 Å². The molecule has 0 bridgehead atoms. The Kier molecular flexibility index (Phi) is 2.49. The van der Waals surface area contributed by atoms with E-state index in [-0.39, 0.29) is 11.6 Å². The van der Waals surface area contributed by atoms with Gasteiger partial charge in [-0.1, -0.05) is 48.5 Å². The van der Waals surface area contributed by atoms with Gasteiger partial charge >= 0.3 is 0 Å². The Morgan fingerprint density at radius 2 is 1.50 bits per heavy atom. The minimum Gasteiger partial charge on any atom is -0.507 e. The highest BCUT2D eigenvalue weighted by Crippen LogP contribution is 2.37. The van der Waals surface area contributed by atoms with Crippen LogP contribution in [0.2, 0.25) is 0 Å². The summed E-state index contributed by atoms with van der Waals surface area (Å²) in [6, 6.07) is 17.5. The first-order valence-corrected chi connectivity index (χ1v) is 5.73. The van der Waals surface area contributed by atoms with Crippen LogP contribution >= 0.6 is 0 Å². The van der Waals surface area contributed by atoms with Crippen molar-refractivity contribution in [1.82, 2.24) is 0 Å². The van der Waals surface area contributed by atoms with Gasteiger partial charge in [0.15, 0.2) is 0 Å². The average molecular weight is 238 g/mol. The fraction of sp³-hybridized carbons (Fsp3) is 0. The number of phenols is 1. The third-order valence-electron chi connectivity index (χ3n) is 3.05. The molecule has 1 nitrogen and oxygen atoms in total. The molecule has 3 aromatic rings. The third-order valence-corrected chi connectivity index (χ3v) is 3.05. The van der Waals surface area contributed by atoms with Crippen molar-refractivity contribution >= 4 is 10.8 Å². The van der Waals surface area contributed by atoms with Crippen LogP contribution in [0.4, 0.5) is 4.39 Å². The summed E-state index contributed by atoms with van der Waals surface area (Å²) in [4.78, 5) is 0. The second-order valence-electron chi connectivity index (χ2n) is 4.16. The molecular formula is C16H11FO. The van der Waals surface area contributed by atoms with Gasteiger partial charge < -0.3 is 5.11 Å². The molecule has 0 saturated heterocycles. The Labute approximate surface area is 104 Å². The van der Waals surface area contributed by atoms with E-state index >= 15 is 0 Å². The molecule has 0 radical (unpaired) electrons. The molecule has 1 N–H and O–H groups in total. The minimum atomic E-state index is -0.329. The van der Waals surface area contributed by atoms with Gasteiger partial charge in [-0.05, 0) is 22.9 Å². The molecule has 18 heavy (non-hydrogen) atoms. The van der Waals surface area contributed by atoms with Crippen molar-refractivity contribution in [2.45, 2.75) is 0 Å². The lowest BCUT2D eigenvalue weighted by Crippen LogP contribution is -1.86. The van der Waals surface area contributed by atoms with Crippen LogP contribution in [0.25, 0.3) is 21.9 Å². The zero-order chi connectivity index (χ0) is 12.5. The van der Waals surface area contributed by atoms with Crippen molar-refractivity contribution in [3.8, 4) is 16.9 Å². The molecule has 0 spiro atoms. The molecule has 0 saturated carbocycles. The molecule has 0 aliphatic heterocycles. The predicted octanol–water partition coefficient (Wildman–Crippen LogP) is 4.35. The molecule has 2 heteroatoms. The fourth-order valence-corrected chi connectivity index (χ4v) is 2.21. The minimum absolute atomic E-state index is 0.0961. The summed E-state index contributed by atoms with van der Waals surface area (Å²) in [6.45, 7) is 0. The van der Waals surface area contributed by atoms with Crippen LogP contribution in [0.1, 0.15) is 0 Å². The van der Waals surface area contributed by atoms with Crippen molar-refractivity contribution in [3.05, 3.63) is 66.5 Å². The van der Waals surface area contributed by atoms with E-state index in [1.54, 1.807) is 24.3 Å². The molecule has 0 atom stereocenters. The first kappa shape index (κ1) is 10.8. The summed E-state index contributed by atoms with van der Waals surface area (Å²) >= 11 is 0. The number of hydrogen-bond donors (Lipinski definition) is 1. The van der Waals surface area contributed by atoms with Gasteiger partial charge in [0.25, 0.3) is 0 Å². The van der Waals surface area contributed by atoms with E-state index in [0.29, 0.717) is 11.1 Å². The fourth-order valence-electron chi connectivity index (χ4n) is 2.21. The second kappa shape index (κ2) is 4.15. The quantitative estimate of drug-likeness (QED) is 0.668. The van der Waals surface area contributed by atoms with E-state index in [2.05, 4.69) is 0 Å². The first-order valence-electron chi connectivity index (χ1n) is 5.73. The van der Waals surface area contributed by atoms with E-state index < -0.39 is 0 Å². The molecule has 0 unspecified atom stereocenters. The summed E-state index contributed by atoms with van der Waals surface area (Å²) in [7, 11) is 0. The van der Waals surface area contributed by atoms with Gasteiger partial charge in [-0.15, -0.1) is 0 Å². The number of benzene rings is 3. The summed E-state index contributed by atoms with van der Waals surface area (Å²) in [5, 5.41) is 11.8. The normalized spacial score (nSPS) is 10.7. The van der Waals surface area contributed by atoms with Gasteiger partial charge in [-0.2, -0.15) is 0 Å². The molecule has 0 amide bonds. The van der Waals surface area contributed by atoms with Gasteiger partial charge in [-0.25, -0.2) is 4.39 Å². The van der Waals surface area contributed by atoms with Gasteiger partial charge in [0.2, 0.25) is 0 Å². The van der Waals surface area contributed by atoms with E-state index in [9.17, 15) is 9.50 Å². The standard InChI is InChI=1S/C16H11FO/c17-14-8-4-3-7-13(14)16-12-6-2-1-5-11(12)9-10-15(16)18/h1-10,18H. The van der Waals surface area contributed by atoms with Crippen molar-refractivity contribution in [3.63, 3.8) is 0 Å². The van der Waals surface area contributed by atoms with Crippen molar-refractivity contribution < 1.29 is 9.50 Å². The van der Waals surface area contributed by atoms with Crippen LogP contribution in [0.5, 0.6) is 5.75 Å². The topological polar surface area (TPSA) is 20.2 Å². The van der Waals surface area contributed by atoms with Crippen LogP contribution < -0.4 is 0 Å². The first-order chi connectivity index (χ1) is 8.77. The van der Waals surface area contributed by atoms with Crippen molar-refractivity contribution in [2.24, 2.45) is 0 Å². The summed E-state index contributed by atoms with van der Waals surface area (Å²) in [5.74, 6) is -0.233. The maximum absolute atomic E-state index is 13.9. The highest BCUT2D eigenvalue weighted by atomic mass is 19.1. The zero-order valence-corrected chi connectivity index (χ0v) is 9.60. The molecule has 88 valence electrons. The van der Waals surface area contributed by atoms with Crippen molar-refractivity contribution in [2.75, 3.05) is 0 Å². The van der Waals surface area contributed by atoms with E-state index in [1.165, 1.54) is 6.07 Å². The smallest absolute Gasteiger partial charge is 0.131 e. The summed E-state index contributed by atoms with van der Waals surface area (Å²) in [6.07, 6.45) is 0. The largest absolute Gasteiger partial charge is 0.507 e. The number of hydrogen-bond acceptors (Lipinski definition) is 1. The van der Waals surface area contributed by atoms with Crippen LogP contribution in [0.15, 0.2) is 60.7 Å². The molecule has 0 aliphatic carbocycles. The monoisotopic (exact) mass is 238 g/mol. The molecule has 3 rings (SSSR count). The molecule has 0 aromatic heterocycles. The molecule has 3 aromatic carbocycles. The Morgan fingerprint density at radius 3 is 2.33 bits per heavy atom. The van der Waals surface area contributed by atoms with E-state index in [4.69, 9.17) is 0 Å². The van der Waals surface area contributed by atoms with Crippen LogP contribution in [-0.2, 0) is 0 Å². The van der Waals surface area contributed by atoms with Gasteiger partial charge in [0.1, 0.15) is 11.6 Å². The average Bonchev–Trinajstić information content (AvgIpc) is 2.40. The van der Waals surface area contributed by atoms with Gasteiger partial charge in [-0.3, -0.25) is 0 Å². The molecule has 0 fully saturated rings. The summed E-state index contributed by atoms with van der Waals surface area (Å²) < 4.78 is 13.9. The summed E-state index contributed by atoms with van der Waals surface area (Å²) in [5.41, 5.74) is 0.970.